The van der Waals surface area contributed by atoms with Crippen LogP contribution in [0.4, 0.5) is 5.69 Å². The average molecular weight is 384 g/mol. The maximum Gasteiger partial charge on any atom is 0.255 e. The van der Waals surface area contributed by atoms with Gasteiger partial charge >= 0.3 is 0 Å². The van der Waals surface area contributed by atoms with Crippen LogP contribution in [0.2, 0.25) is 0 Å². The number of amides is 2. The number of benzene rings is 2. The van der Waals surface area contributed by atoms with Crippen molar-refractivity contribution in [3.8, 4) is 11.5 Å². The Balaban J connectivity index is 2.15. The maximum absolute atomic E-state index is 12.6. The molecule has 0 fully saturated rings. The summed E-state index contributed by atoms with van der Waals surface area (Å²) in [5, 5.41) is 2.83. The summed E-state index contributed by atoms with van der Waals surface area (Å²) in [7, 11) is 3.10. The van der Waals surface area contributed by atoms with Gasteiger partial charge in [-0.3, -0.25) is 9.59 Å². The monoisotopic (exact) mass is 384 g/mol. The van der Waals surface area contributed by atoms with Gasteiger partial charge in [-0.2, -0.15) is 0 Å². The largest absolute Gasteiger partial charge is 0.497 e. The van der Waals surface area contributed by atoms with Crippen molar-refractivity contribution in [3.63, 3.8) is 0 Å². The van der Waals surface area contributed by atoms with Crippen molar-refractivity contribution in [2.24, 2.45) is 0 Å². The Morgan fingerprint density at radius 2 is 1.50 bits per heavy atom. The van der Waals surface area contributed by atoms with Crippen LogP contribution in [0.3, 0.4) is 0 Å². The number of ether oxygens (including phenoxy) is 2. The molecule has 2 aromatic rings. The van der Waals surface area contributed by atoms with E-state index in [-0.39, 0.29) is 11.8 Å². The molecule has 1 N–H and O–H groups in total. The molecule has 0 aliphatic heterocycles. The molecule has 0 aliphatic carbocycles. The van der Waals surface area contributed by atoms with Crippen molar-refractivity contribution < 1.29 is 19.1 Å². The Bertz CT molecular complexity index is 797. The van der Waals surface area contributed by atoms with Crippen LogP contribution < -0.4 is 14.8 Å². The number of carbonyl (C=O) groups excluding carboxylic acids is 2. The molecule has 0 heterocycles. The molecule has 0 saturated carbocycles. The summed E-state index contributed by atoms with van der Waals surface area (Å²) in [6.45, 7) is 5.56. The van der Waals surface area contributed by atoms with E-state index >= 15 is 0 Å². The highest BCUT2D eigenvalue weighted by Gasteiger charge is 2.16. The quantitative estimate of drug-likeness (QED) is 0.703. The molecule has 0 saturated heterocycles. The first-order valence-corrected chi connectivity index (χ1v) is 9.46. The van der Waals surface area contributed by atoms with Crippen molar-refractivity contribution in [1.82, 2.24) is 4.90 Å². The van der Waals surface area contributed by atoms with E-state index in [9.17, 15) is 9.59 Å². The average Bonchev–Trinajstić information content (AvgIpc) is 2.73. The third-order valence-electron chi connectivity index (χ3n) is 4.32. The molecule has 2 amide bonds. The second-order valence-corrected chi connectivity index (χ2v) is 6.39. The van der Waals surface area contributed by atoms with Crippen molar-refractivity contribution in [2.75, 3.05) is 32.6 Å². The van der Waals surface area contributed by atoms with Gasteiger partial charge in [0.1, 0.15) is 11.5 Å². The number of rotatable bonds is 9. The molecule has 0 aromatic heterocycles. The van der Waals surface area contributed by atoms with Gasteiger partial charge in [0.15, 0.2) is 0 Å². The molecule has 28 heavy (non-hydrogen) atoms. The smallest absolute Gasteiger partial charge is 0.255 e. The SMILES string of the molecule is CCCN(CCC)C(=O)c1ccc(C(=O)Nc2cc(OC)ccc2OC)cc1. The van der Waals surface area contributed by atoms with Crippen LogP contribution in [0.15, 0.2) is 42.5 Å². The second-order valence-electron chi connectivity index (χ2n) is 6.39. The van der Waals surface area contributed by atoms with Gasteiger partial charge < -0.3 is 19.7 Å². The Hall–Kier alpha value is -3.02. The molecular weight excluding hydrogens is 356 g/mol. The van der Waals surface area contributed by atoms with E-state index in [0.717, 1.165) is 25.9 Å². The van der Waals surface area contributed by atoms with E-state index in [1.54, 1.807) is 49.6 Å². The van der Waals surface area contributed by atoms with E-state index in [4.69, 9.17) is 9.47 Å². The fraction of sp³-hybridized carbons (Fsp3) is 0.364. The summed E-state index contributed by atoms with van der Waals surface area (Å²) in [4.78, 5) is 27.1. The third-order valence-corrected chi connectivity index (χ3v) is 4.32. The molecule has 0 unspecified atom stereocenters. The number of hydrogen-bond acceptors (Lipinski definition) is 4. The molecule has 0 bridgehead atoms. The molecule has 150 valence electrons. The highest BCUT2D eigenvalue weighted by Crippen LogP contribution is 2.29. The van der Waals surface area contributed by atoms with Gasteiger partial charge in [-0.25, -0.2) is 0 Å². The zero-order valence-corrected chi connectivity index (χ0v) is 17.0. The summed E-state index contributed by atoms with van der Waals surface area (Å²) in [6, 6.07) is 11.9. The lowest BCUT2D eigenvalue weighted by Crippen LogP contribution is -2.32. The topological polar surface area (TPSA) is 67.9 Å². The van der Waals surface area contributed by atoms with Crippen molar-refractivity contribution in [2.45, 2.75) is 26.7 Å². The summed E-state index contributed by atoms with van der Waals surface area (Å²) in [6.07, 6.45) is 1.82. The standard InChI is InChI=1S/C22H28N2O4/c1-5-13-24(14-6-2)22(26)17-9-7-16(8-10-17)21(25)23-19-15-18(27-3)11-12-20(19)28-4/h7-12,15H,5-6,13-14H2,1-4H3,(H,23,25). The van der Waals surface area contributed by atoms with Gasteiger partial charge in [0.2, 0.25) is 0 Å². The normalized spacial score (nSPS) is 10.3. The molecule has 6 nitrogen and oxygen atoms in total. The van der Waals surface area contributed by atoms with E-state index < -0.39 is 0 Å². The molecule has 0 atom stereocenters. The highest BCUT2D eigenvalue weighted by atomic mass is 16.5. The van der Waals surface area contributed by atoms with Crippen molar-refractivity contribution >= 4 is 17.5 Å². The number of methoxy groups -OCH3 is 2. The zero-order valence-electron chi connectivity index (χ0n) is 17.0. The van der Waals surface area contributed by atoms with Crippen LogP contribution in [0.5, 0.6) is 11.5 Å². The van der Waals surface area contributed by atoms with Crippen LogP contribution in [0.1, 0.15) is 47.4 Å². The Morgan fingerprint density at radius 1 is 0.893 bits per heavy atom. The second kappa shape index (κ2) is 10.3. The maximum atomic E-state index is 12.6. The minimum absolute atomic E-state index is 0.00915. The number of hydrogen-bond donors (Lipinski definition) is 1. The molecule has 6 heteroatoms. The molecule has 0 spiro atoms. The fourth-order valence-corrected chi connectivity index (χ4v) is 2.91. The third kappa shape index (κ3) is 5.25. The van der Waals surface area contributed by atoms with Crippen molar-refractivity contribution in [3.05, 3.63) is 53.6 Å². The van der Waals surface area contributed by atoms with E-state index in [1.165, 1.54) is 7.11 Å². The molecule has 0 aliphatic rings. The van der Waals surface area contributed by atoms with Crippen LogP contribution >= 0.6 is 0 Å². The van der Waals surface area contributed by atoms with Crippen LogP contribution in [0, 0.1) is 0 Å². The minimum Gasteiger partial charge on any atom is -0.497 e. The molecule has 2 rings (SSSR count). The minimum atomic E-state index is -0.287. The van der Waals surface area contributed by atoms with Gasteiger partial charge in [-0.05, 0) is 49.2 Å². The van der Waals surface area contributed by atoms with Gasteiger partial charge in [0.05, 0.1) is 19.9 Å². The van der Waals surface area contributed by atoms with Gasteiger partial charge in [0, 0.05) is 30.3 Å². The number of nitrogens with zero attached hydrogens (tertiary/aromatic N) is 1. The fourth-order valence-electron chi connectivity index (χ4n) is 2.91. The van der Waals surface area contributed by atoms with Crippen LogP contribution in [0.25, 0.3) is 0 Å². The Labute approximate surface area is 166 Å². The molecular formula is C22H28N2O4. The van der Waals surface area contributed by atoms with Gasteiger partial charge in [0.25, 0.3) is 11.8 Å². The summed E-state index contributed by atoms with van der Waals surface area (Å²) >= 11 is 0. The van der Waals surface area contributed by atoms with E-state index in [1.807, 2.05) is 4.90 Å². The zero-order chi connectivity index (χ0) is 20.5. The number of carbonyl (C=O) groups is 2. The molecule has 0 radical (unpaired) electrons. The summed E-state index contributed by atoms with van der Waals surface area (Å²) in [5.74, 6) is 0.856. The van der Waals surface area contributed by atoms with Gasteiger partial charge in [-0.15, -0.1) is 0 Å². The lowest BCUT2D eigenvalue weighted by Gasteiger charge is -2.21. The lowest BCUT2D eigenvalue weighted by molar-refractivity contribution is 0.0755. The number of nitrogens with one attached hydrogen (secondary N) is 1. The predicted molar refractivity (Wildman–Crippen MR) is 110 cm³/mol. The van der Waals surface area contributed by atoms with E-state index in [0.29, 0.717) is 28.3 Å². The van der Waals surface area contributed by atoms with Gasteiger partial charge in [-0.1, -0.05) is 13.8 Å². The first kappa shape index (κ1) is 21.3. The lowest BCUT2D eigenvalue weighted by atomic mass is 10.1. The Kier molecular flexibility index (Phi) is 7.87. The summed E-state index contributed by atoms with van der Waals surface area (Å²) in [5.41, 5.74) is 1.56. The summed E-state index contributed by atoms with van der Waals surface area (Å²) < 4.78 is 10.5. The Morgan fingerprint density at radius 3 is 2.04 bits per heavy atom. The number of anilines is 1. The van der Waals surface area contributed by atoms with Crippen molar-refractivity contribution in [1.29, 1.82) is 0 Å². The predicted octanol–water partition coefficient (Wildman–Crippen LogP) is 4.22. The molecule has 2 aromatic carbocycles. The highest BCUT2D eigenvalue weighted by molar-refractivity contribution is 6.05. The van der Waals surface area contributed by atoms with Crippen LogP contribution in [-0.2, 0) is 0 Å². The first-order chi connectivity index (χ1) is 13.5. The van der Waals surface area contributed by atoms with Crippen LogP contribution in [-0.4, -0.2) is 44.0 Å². The van der Waals surface area contributed by atoms with E-state index in [2.05, 4.69) is 19.2 Å². The first-order valence-electron chi connectivity index (χ1n) is 9.46.